The summed E-state index contributed by atoms with van der Waals surface area (Å²) in [7, 11) is 3.50. The third kappa shape index (κ3) is 3.05. The number of ether oxygens (including phenoxy) is 1. The molecule has 0 spiro atoms. The maximum absolute atomic E-state index is 13.5. The van der Waals surface area contributed by atoms with E-state index in [9.17, 15) is 4.39 Å². The Balaban J connectivity index is 2.34. The molecule has 0 aliphatic carbocycles. The smallest absolute Gasteiger partial charge is 0.328 e. The van der Waals surface area contributed by atoms with Crippen LogP contribution in [-0.4, -0.2) is 29.0 Å². The van der Waals surface area contributed by atoms with Gasteiger partial charge in [-0.2, -0.15) is 15.0 Å². The zero-order valence-corrected chi connectivity index (χ0v) is 10.5. The lowest BCUT2D eigenvalue weighted by Crippen LogP contribution is -2.17. The molecule has 0 bridgehead atoms. The molecule has 0 fully saturated rings. The molecule has 8 heteroatoms. The number of rotatable bonds is 4. The summed E-state index contributed by atoms with van der Waals surface area (Å²) in [4.78, 5) is 13.6. The van der Waals surface area contributed by atoms with Crippen LogP contribution >= 0.6 is 0 Å². The van der Waals surface area contributed by atoms with E-state index in [1.807, 2.05) is 0 Å². The minimum atomic E-state index is -0.503. The number of halogens is 1. The van der Waals surface area contributed by atoms with Gasteiger partial charge in [0.2, 0.25) is 11.9 Å². The second-order valence-corrected chi connectivity index (χ2v) is 3.81. The van der Waals surface area contributed by atoms with Crippen molar-refractivity contribution in [2.75, 3.05) is 24.4 Å². The quantitative estimate of drug-likeness (QED) is 0.632. The van der Waals surface area contributed by atoms with E-state index >= 15 is 0 Å². The van der Waals surface area contributed by atoms with Crippen LogP contribution < -0.4 is 20.9 Å². The first-order valence-electron chi connectivity index (χ1n) is 5.42. The van der Waals surface area contributed by atoms with Crippen molar-refractivity contribution in [3.8, 4) is 11.8 Å². The minimum absolute atomic E-state index is 0.0291. The number of aromatic nitrogens is 3. The van der Waals surface area contributed by atoms with E-state index in [1.165, 1.54) is 12.1 Å². The Kier molecular flexibility index (Phi) is 3.71. The Morgan fingerprint density at radius 2 is 1.95 bits per heavy atom. The van der Waals surface area contributed by atoms with Crippen molar-refractivity contribution in [3.05, 3.63) is 30.1 Å². The lowest BCUT2D eigenvalue weighted by Gasteiger charge is -2.12. The topological polar surface area (TPSA) is 89.2 Å². The van der Waals surface area contributed by atoms with Crippen LogP contribution in [0.1, 0.15) is 0 Å². The molecule has 0 amide bonds. The lowest BCUT2D eigenvalue weighted by molar-refractivity contribution is 0.410. The predicted octanol–water partition coefficient (Wildman–Crippen LogP) is 1.15. The van der Waals surface area contributed by atoms with Crippen molar-refractivity contribution in [1.82, 2.24) is 15.0 Å². The summed E-state index contributed by atoms with van der Waals surface area (Å²) < 4.78 is 18.8. The van der Waals surface area contributed by atoms with Gasteiger partial charge >= 0.3 is 6.01 Å². The highest BCUT2D eigenvalue weighted by Gasteiger charge is 2.11. The summed E-state index contributed by atoms with van der Waals surface area (Å²) in [6.45, 7) is 0. The zero-order valence-electron chi connectivity index (χ0n) is 10.5. The highest BCUT2D eigenvalue weighted by Crippen LogP contribution is 2.22. The van der Waals surface area contributed by atoms with Crippen LogP contribution in [0, 0.1) is 5.82 Å². The van der Waals surface area contributed by atoms with E-state index in [1.54, 1.807) is 31.1 Å². The fourth-order valence-electron chi connectivity index (χ4n) is 1.28. The molecule has 7 nitrogen and oxygen atoms in total. The molecular weight excluding hydrogens is 251 g/mol. The molecule has 1 heterocycles. The van der Waals surface area contributed by atoms with Gasteiger partial charge in [0.05, 0.1) is 0 Å². The van der Waals surface area contributed by atoms with Crippen LogP contribution in [0.4, 0.5) is 16.3 Å². The molecule has 0 saturated carbocycles. The molecule has 2 rings (SSSR count). The zero-order chi connectivity index (χ0) is 13.8. The van der Waals surface area contributed by atoms with Crippen molar-refractivity contribution in [1.29, 1.82) is 0 Å². The summed E-state index contributed by atoms with van der Waals surface area (Å²) in [5, 5.41) is 0. The number of benzene rings is 1. The molecular formula is C11H13FN6O. The van der Waals surface area contributed by atoms with Crippen molar-refractivity contribution in [2.24, 2.45) is 5.84 Å². The third-order valence-corrected chi connectivity index (χ3v) is 2.17. The van der Waals surface area contributed by atoms with Gasteiger partial charge in [0.1, 0.15) is 0 Å². The average molecular weight is 264 g/mol. The van der Waals surface area contributed by atoms with Crippen molar-refractivity contribution in [3.63, 3.8) is 0 Å². The number of anilines is 2. The van der Waals surface area contributed by atoms with E-state index in [0.717, 1.165) is 0 Å². The first kappa shape index (κ1) is 13.0. The fraction of sp³-hybridized carbons (Fsp3) is 0.182. The molecule has 2 aromatic rings. The van der Waals surface area contributed by atoms with Gasteiger partial charge in [-0.15, -0.1) is 0 Å². The van der Waals surface area contributed by atoms with Gasteiger partial charge in [-0.05, 0) is 12.1 Å². The monoisotopic (exact) mass is 264 g/mol. The van der Waals surface area contributed by atoms with Crippen LogP contribution in [0.3, 0.4) is 0 Å². The molecule has 1 aromatic heterocycles. The predicted molar refractivity (Wildman–Crippen MR) is 68.4 cm³/mol. The fourth-order valence-corrected chi connectivity index (χ4v) is 1.28. The summed E-state index contributed by atoms with van der Waals surface area (Å²) in [6, 6.07) is 5.93. The molecule has 1 aromatic carbocycles. The average Bonchev–Trinajstić information content (AvgIpc) is 2.41. The Bertz CT molecular complexity index is 577. The van der Waals surface area contributed by atoms with E-state index in [2.05, 4.69) is 20.4 Å². The van der Waals surface area contributed by atoms with Gasteiger partial charge in [-0.3, -0.25) is 5.43 Å². The van der Waals surface area contributed by atoms with E-state index in [0.29, 0.717) is 5.95 Å². The number of hydrogen-bond donors (Lipinski definition) is 2. The van der Waals surface area contributed by atoms with E-state index in [4.69, 9.17) is 10.6 Å². The molecule has 0 radical (unpaired) electrons. The first-order valence-corrected chi connectivity index (χ1v) is 5.42. The Morgan fingerprint density at radius 3 is 2.58 bits per heavy atom. The summed E-state index contributed by atoms with van der Waals surface area (Å²) in [5.74, 6) is 5.26. The van der Waals surface area contributed by atoms with E-state index in [-0.39, 0.29) is 17.7 Å². The largest absolute Gasteiger partial charge is 0.421 e. The molecule has 0 aliphatic heterocycles. The Labute approximate surface area is 109 Å². The van der Waals surface area contributed by atoms with Gasteiger partial charge in [0.25, 0.3) is 0 Å². The standard InChI is InChI=1S/C11H13FN6O/c1-18(2)10-14-9(17-13)15-11(16-10)19-8-6-4-3-5-7(8)12/h3-6H,13H2,1-2H3,(H,14,15,16,17). The second-order valence-electron chi connectivity index (χ2n) is 3.81. The normalized spacial score (nSPS) is 10.1. The molecule has 0 atom stereocenters. The number of para-hydroxylation sites is 1. The van der Waals surface area contributed by atoms with Crippen molar-refractivity contribution in [2.45, 2.75) is 0 Å². The first-order chi connectivity index (χ1) is 9.10. The molecule has 0 unspecified atom stereocenters. The maximum atomic E-state index is 13.5. The number of nitrogens with two attached hydrogens (primary N) is 1. The van der Waals surface area contributed by atoms with Gasteiger partial charge in [-0.1, -0.05) is 12.1 Å². The van der Waals surface area contributed by atoms with Crippen LogP contribution in [0.5, 0.6) is 11.8 Å². The SMILES string of the molecule is CN(C)c1nc(NN)nc(Oc2ccccc2F)n1. The molecule has 100 valence electrons. The molecule has 19 heavy (non-hydrogen) atoms. The van der Waals surface area contributed by atoms with Gasteiger partial charge < -0.3 is 9.64 Å². The summed E-state index contributed by atoms with van der Waals surface area (Å²) >= 11 is 0. The number of nitrogen functional groups attached to an aromatic ring is 1. The van der Waals surface area contributed by atoms with Gasteiger partial charge in [0.15, 0.2) is 11.6 Å². The second kappa shape index (κ2) is 5.44. The van der Waals surface area contributed by atoms with Crippen LogP contribution in [0.25, 0.3) is 0 Å². The number of nitrogens with one attached hydrogen (secondary N) is 1. The number of nitrogens with zero attached hydrogens (tertiary/aromatic N) is 4. The van der Waals surface area contributed by atoms with E-state index < -0.39 is 5.82 Å². The van der Waals surface area contributed by atoms with Crippen LogP contribution in [0.2, 0.25) is 0 Å². The molecule has 0 aliphatic rings. The molecule has 3 N–H and O–H groups in total. The lowest BCUT2D eigenvalue weighted by atomic mass is 10.3. The van der Waals surface area contributed by atoms with Crippen molar-refractivity contribution < 1.29 is 9.13 Å². The number of hydrogen-bond acceptors (Lipinski definition) is 7. The van der Waals surface area contributed by atoms with Crippen molar-refractivity contribution >= 4 is 11.9 Å². The summed E-state index contributed by atoms with van der Waals surface area (Å²) in [6.07, 6.45) is 0. The highest BCUT2D eigenvalue weighted by molar-refractivity contribution is 5.37. The Morgan fingerprint density at radius 1 is 1.21 bits per heavy atom. The minimum Gasteiger partial charge on any atom is -0.421 e. The van der Waals surface area contributed by atoms with Gasteiger partial charge in [0, 0.05) is 14.1 Å². The molecule has 0 saturated heterocycles. The van der Waals surface area contributed by atoms with Gasteiger partial charge in [-0.25, -0.2) is 10.2 Å². The van der Waals surface area contributed by atoms with Crippen LogP contribution in [-0.2, 0) is 0 Å². The highest BCUT2D eigenvalue weighted by atomic mass is 19.1. The number of hydrazine groups is 1. The third-order valence-electron chi connectivity index (χ3n) is 2.17. The summed E-state index contributed by atoms with van der Waals surface area (Å²) in [5.41, 5.74) is 2.30. The maximum Gasteiger partial charge on any atom is 0.328 e. The van der Waals surface area contributed by atoms with Crippen LogP contribution in [0.15, 0.2) is 24.3 Å². The Hall–Kier alpha value is -2.48.